The zero-order chi connectivity index (χ0) is 16.9. The molecule has 6 heteroatoms. The molecular weight excluding hydrogens is 343 g/mol. The van der Waals surface area contributed by atoms with Gasteiger partial charge in [0.2, 0.25) is 5.91 Å². The first-order chi connectivity index (χ1) is 11.6. The van der Waals surface area contributed by atoms with Crippen LogP contribution < -0.4 is 5.32 Å². The van der Waals surface area contributed by atoms with Crippen LogP contribution in [0.25, 0.3) is 11.3 Å². The lowest BCUT2D eigenvalue weighted by molar-refractivity contribution is -0.115. The van der Waals surface area contributed by atoms with Gasteiger partial charge in [-0.25, -0.2) is 9.37 Å². The molecule has 3 rings (SSSR count). The molecule has 0 unspecified atom stereocenters. The third kappa shape index (κ3) is 4.21. The number of amides is 1. The molecule has 3 aromatic rings. The van der Waals surface area contributed by atoms with E-state index in [1.165, 1.54) is 35.2 Å². The molecule has 24 heavy (non-hydrogen) atoms. The molecule has 0 saturated carbocycles. The molecule has 0 bridgehead atoms. The zero-order valence-electron chi connectivity index (χ0n) is 12.9. The molecule has 122 valence electrons. The lowest BCUT2D eigenvalue weighted by Gasteiger charge is -2.10. The summed E-state index contributed by atoms with van der Waals surface area (Å²) < 4.78 is 13.7. The number of nitrogens with zero attached hydrogens (tertiary/aromatic N) is 1. The molecule has 1 amide bonds. The first kappa shape index (κ1) is 16.7. The Morgan fingerprint density at radius 1 is 1.17 bits per heavy atom. The SMILES string of the molecule is C[C@H](Sc1nc(-c2ccccc2)cs1)C(=O)Nc1ccc(F)cc1. The Hall–Kier alpha value is -2.18. The van der Waals surface area contributed by atoms with Gasteiger partial charge in [0.15, 0.2) is 4.34 Å². The topological polar surface area (TPSA) is 42.0 Å². The fourth-order valence-corrected chi connectivity index (χ4v) is 4.01. The van der Waals surface area contributed by atoms with Crippen LogP contribution in [0.15, 0.2) is 64.3 Å². The van der Waals surface area contributed by atoms with Gasteiger partial charge in [-0.05, 0) is 31.2 Å². The molecule has 1 atom stereocenters. The van der Waals surface area contributed by atoms with Crippen molar-refractivity contribution in [2.75, 3.05) is 5.32 Å². The van der Waals surface area contributed by atoms with Gasteiger partial charge in [0.1, 0.15) is 5.82 Å². The van der Waals surface area contributed by atoms with Gasteiger partial charge in [0, 0.05) is 16.6 Å². The molecule has 1 N–H and O–H groups in total. The summed E-state index contributed by atoms with van der Waals surface area (Å²) in [6, 6.07) is 15.7. The molecule has 0 saturated heterocycles. The second-order valence-corrected chi connectivity index (χ2v) is 7.57. The van der Waals surface area contributed by atoms with Crippen LogP contribution in [0.1, 0.15) is 6.92 Å². The summed E-state index contributed by atoms with van der Waals surface area (Å²) in [7, 11) is 0. The number of carbonyl (C=O) groups excluding carboxylic acids is 1. The van der Waals surface area contributed by atoms with Gasteiger partial charge in [-0.1, -0.05) is 42.1 Å². The predicted molar refractivity (Wildman–Crippen MR) is 97.9 cm³/mol. The number of nitrogens with one attached hydrogen (secondary N) is 1. The Bertz CT molecular complexity index is 819. The summed E-state index contributed by atoms with van der Waals surface area (Å²) in [5.74, 6) is -0.463. The van der Waals surface area contributed by atoms with Crippen molar-refractivity contribution in [3.63, 3.8) is 0 Å². The number of hydrogen-bond donors (Lipinski definition) is 1. The average Bonchev–Trinajstić information content (AvgIpc) is 3.06. The number of thioether (sulfide) groups is 1. The van der Waals surface area contributed by atoms with Crippen LogP contribution in [-0.2, 0) is 4.79 Å². The first-order valence-corrected chi connectivity index (χ1v) is 9.12. The smallest absolute Gasteiger partial charge is 0.237 e. The van der Waals surface area contributed by atoms with Crippen LogP contribution in [0, 0.1) is 5.82 Å². The monoisotopic (exact) mass is 358 g/mol. The van der Waals surface area contributed by atoms with E-state index >= 15 is 0 Å². The van der Waals surface area contributed by atoms with Gasteiger partial charge in [-0.2, -0.15) is 0 Å². The molecule has 0 radical (unpaired) electrons. The highest BCUT2D eigenvalue weighted by Crippen LogP contribution is 2.31. The Morgan fingerprint density at radius 2 is 1.88 bits per heavy atom. The summed E-state index contributed by atoms with van der Waals surface area (Å²) in [6.07, 6.45) is 0. The fraction of sp³-hybridized carbons (Fsp3) is 0.111. The number of anilines is 1. The molecule has 0 aliphatic carbocycles. The van der Waals surface area contributed by atoms with Gasteiger partial charge < -0.3 is 5.32 Å². The Kier molecular flexibility index (Phi) is 5.27. The van der Waals surface area contributed by atoms with E-state index < -0.39 is 0 Å². The third-order valence-corrected chi connectivity index (χ3v) is 5.38. The summed E-state index contributed by atoms with van der Waals surface area (Å²) in [4.78, 5) is 16.8. The van der Waals surface area contributed by atoms with Gasteiger partial charge in [-0.3, -0.25) is 4.79 Å². The fourth-order valence-electron chi connectivity index (χ4n) is 2.03. The summed E-state index contributed by atoms with van der Waals surface area (Å²) in [5.41, 5.74) is 2.55. The highest BCUT2D eigenvalue weighted by molar-refractivity contribution is 8.02. The van der Waals surface area contributed by atoms with E-state index in [1.54, 1.807) is 12.1 Å². The third-order valence-electron chi connectivity index (χ3n) is 3.31. The lowest BCUT2D eigenvalue weighted by atomic mass is 10.2. The number of rotatable bonds is 5. The molecule has 0 aliphatic heterocycles. The molecule has 0 spiro atoms. The van der Waals surface area contributed by atoms with Crippen molar-refractivity contribution in [1.82, 2.24) is 4.98 Å². The van der Waals surface area contributed by atoms with Crippen molar-refractivity contribution < 1.29 is 9.18 Å². The quantitative estimate of drug-likeness (QED) is 0.648. The van der Waals surface area contributed by atoms with Gasteiger partial charge in [0.25, 0.3) is 0 Å². The maximum Gasteiger partial charge on any atom is 0.237 e. The minimum absolute atomic E-state index is 0.136. The summed E-state index contributed by atoms with van der Waals surface area (Å²) >= 11 is 2.93. The number of aromatic nitrogens is 1. The lowest BCUT2D eigenvalue weighted by Crippen LogP contribution is -2.22. The van der Waals surface area contributed by atoms with Crippen LogP contribution >= 0.6 is 23.1 Å². The minimum Gasteiger partial charge on any atom is -0.325 e. The van der Waals surface area contributed by atoms with E-state index in [4.69, 9.17) is 0 Å². The van der Waals surface area contributed by atoms with E-state index in [0.29, 0.717) is 5.69 Å². The van der Waals surface area contributed by atoms with Crippen molar-refractivity contribution in [3.8, 4) is 11.3 Å². The van der Waals surface area contributed by atoms with Crippen molar-refractivity contribution in [2.24, 2.45) is 0 Å². The minimum atomic E-state index is -0.327. The van der Waals surface area contributed by atoms with Crippen molar-refractivity contribution in [2.45, 2.75) is 16.5 Å². The van der Waals surface area contributed by atoms with E-state index in [-0.39, 0.29) is 17.0 Å². The maximum atomic E-state index is 12.9. The Morgan fingerprint density at radius 3 is 2.58 bits per heavy atom. The second kappa shape index (κ2) is 7.59. The molecule has 1 aromatic heterocycles. The van der Waals surface area contributed by atoms with E-state index in [1.807, 2.05) is 42.6 Å². The van der Waals surface area contributed by atoms with Crippen LogP contribution in [0.5, 0.6) is 0 Å². The standard InChI is InChI=1S/C18H15FN2OS2/c1-12(17(22)20-15-9-7-14(19)8-10-15)24-18-21-16(11-23-18)13-5-3-2-4-6-13/h2-12H,1H3,(H,20,22)/t12-/m0/s1. The number of halogens is 1. The van der Waals surface area contributed by atoms with Crippen LogP contribution in [0.3, 0.4) is 0 Å². The molecule has 2 aromatic carbocycles. The molecule has 0 aliphatic rings. The van der Waals surface area contributed by atoms with E-state index in [9.17, 15) is 9.18 Å². The summed E-state index contributed by atoms with van der Waals surface area (Å²) in [5, 5.41) is 4.47. The van der Waals surface area contributed by atoms with Crippen LogP contribution in [-0.4, -0.2) is 16.1 Å². The largest absolute Gasteiger partial charge is 0.325 e. The Balaban J connectivity index is 1.62. The predicted octanol–water partition coefficient (Wildman–Crippen LogP) is 5.07. The second-order valence-electron chi connectivity index (χ2n) is 5.12. The van der Waals surface area contributed by atoms with E-state index in [2.05, 4.69) is 10.3 Å². The van der Waals surface area contributed by atoms with Crippen molar-refractivity contribution in [1.29, 1.82) is 0 Å². The molecule has 0 fully saturated rings. The highest BCUT2D eigenvalue weighted by Gasteiger charge is 2.17. The number of hydrogen-bond acceptors (Lipinski definition) is 4. The highest BCUT2D eigenvalue weighted by atomic mass is 32.2. The van der Waals surface area contributed by atoms with Gasteiger partial charge in [0.05, 0.1) is 10.9 Å². The normalized spacial score (nSPS) is 11.9. The first-order valence-electron chi connectivity index (χ1n) is 7.36. The molecule has 3 nitrogen and oxygen atoms in total. The van der Waals surface area contributed by atoms with Gasteiger partial charge in [-0.15, -0.1) is 11.3 Å². The zero-order valence-corrected chi connectivity index (χ0v) is 14.5. The van der Waals surface area contributed by atoms with E-state index in [0.717, 1.165) is 15.6 Å². The number of thiazole rings is 1. The summed E-state index contributed by atoms with van der Waals surface area (Å²) in [6.45, 7) is 1.83. The van der Waals surface area contributed by atoms with Gasteiger partial charge >= 0.3 is 0 Å². The maximum absolute atomic E-state index is 12.9. The average molecular weight is 358 g/mol. The van der Waals surface area contributed by atoms with Crippen LogP contribution in [0.2, 0.25) is 0 Å². The number of carbonyl (C=O) groups is 1. The molecular formula is C18H15FN2OS2. The van der Waals surface area contributed by atoms with Crippen LogP contribution in [0.4, 0.5) is 10.1 Å². The molecule has 1 heterocycles. The van der Waals surface area contributed by atoms with Crippen molar-refractivity contribution in [3.05, 3.63) is 65.8 Å². The number of benzene rings is 2. The Labute approximate surface area is 148 Å². The van der Waals surface area contributed by atoms with Crippen molar-refractivity contribution >= 4 is 34.7 Å².